The van der Waals surface area contributed by atoms with Crippen LogP contribution in [0.3, 0.4) is 0 Å². The van der Waals surface area contributed by atoms with Gasteiger partial charge in [0.25, 0.3) is 0 Å². The molecule has 0 atom stereocenters. The van der Waals surface area contributed by atoms with Crippen molar-refractivity contribution in [2.24, 2.45) is 5.73 Å². The van der Waals surface area contributed by atoms with Crippen LogP contribution in [0, 0.1) is 0 Å². The molecule has 2 N–H and O–H groups in total. The first-order valence-electron chi connectivity index (χ1n) is 6.97. The maximum Gasteiger partial charge on any atom is 0.136 e. The van der Waals surface area contributed by atoms with Gasteiger partial charge in [-0.1, -0.05) is 30.3 Å². The largest absolute Gasteiger partial charge is 0.353 e. The Balaban J connectivity index is 2.02. The molecule has 0 fully saturated rings. The Hall–Kier alpha value is -2.46. The van der Waals surface area contributed by atoms with Crippen molar-refractivity contribution >= 4 is 16.6 Å². The van der Waals surface area contributed by atoms with E-state index in [0.29, 0.717) is 13.1 Å². The average molecular weight is 278 g/mol. The Morgan fingerprint density at radius 1 is 1.05 bits per heavy atom. The molecular formula is C17H18N4. The van der Waals surface area contributed by atoms with Crippen molar-refractivity contribution in [1.29, 1.82) is 0 Å². The first kappa shape index (κ1) is 13.5. The Morgan fingerprint density at radius 3 is 2.62 bits per heavy atom. The van der Waals surface area contributed by atoms with Crippen molar-refractivity contribution < 1.29 is 0 Å². The van der Waals surface area contributed by atoms with Gasteiger partial charge in [0, 0.05) is 25.2 Å². The third-order valence-corrected chi connectivity index (χ3v) is 3.47. The predicted molar refractivity (Wildman–Crippen MR) is 86.0 cm³/mol. The van der Waals surface area contributed by atoms with Crippen molar-refractivity contribution in [2.45, 2.75) is 13.1 Å². The SMILES string of the molecule is CN(Cc1ccccn1)c1nc(CN)cc2ccccc12. The highest BCUT2D eigenvalue weighted by molar-refractivity contribution is 5.92. The molecule has 0 saturated heterocycles. The lowest BCUT2D eigenvalue weighted by Gasteiger charge is -2.20. The van der Waals surface area contributed by atoms with Gasteiger partial charge < -0.3 is 10.6 Å². The summed E-state index contributed by atoms with van der Waals surface area (Å²) in [6, 6.07) is 16.2. The second-order valence-corrected chi connectivity index (χ2v) is 5.04. The van der Waals surface area contributed by atoms with Gasteiger partial charge in [-0.15, -0.1) is 0 Å². The van der Waals surface area contributed by atoms with E-state index in [1.807, 2.05) is 49.6 Å². The molecule has 2 heterocycles. The van der Waals surface area contributed by atoms with E-state index < -0.39 is 0 Å². The van der Waals surface area contributed by atoms with Crippen LogP contribution in [0.2, 0.25) is 0 Å². The Bertz CT molecular complexity index is 740. The van der Waals surface area contributed by atoms with Crippen molar-refractivity contribution in [3.63, 3.8) is 0 Å². The highest BCUT2D eigenvalue weighted by Crippen LogP contribution is 2.25. The standard InChI is InChI=1S/C17H18N4/c1-21(12-14-7-4-5-9-19-14)17-16-8-3-2-6-13(16)10-15(11-18)20-17/h2-10H,11-12,18H2,1H3. The summed E-state index contributed by atoms with van der Waals surface area (Å²) in [4.78, 5) is 11.2. The van der Waals surface area contributed by atoms with Crippen LogP contribution in [-0.2, 0) is 13.1 Å². The van der Waals surface area contributed by atoms with Crippen LogP contribution in [0.5, 0.6) is 0 Å². The molecule has 0 radical (unpaired) electrons. The van der Waals surface area contributed by atoms with Crippen molar-refractivity contribution in [1.82, 2.24) is 9.97 Å². The van der Waals surface area contributed by atoms with E-state index in [4.69, 9.17) is 5.73 Å². The van der Waals surface area contributed by atoms with Crippen LogP contribution in [0.25, 0.3) is 10.8 Å². The normalized spacial score (nSPS) is 10.8. The molecule has 0 amide bonds. The minimum atomic E-state index is 0.440. The fraction of sp³-hybridized carbons (Fsp3) is 0.176. The topological polar surface area (TPSA) is 55.0 Å². The molecule has 21 heavy (non-hydrogen) atoms. The Labute approximate surface area is 124 Å². The third-order valence-electron chi connectivity index (χ3n) is 3.47. The fourth-order valence-corrected chi connectivity index (χ4v) is 2.44. The van der Waals surface area contributed by atoms with Crippen LogP contribution in [0.4, 0.5) is 5.82 Å². The van der Waals surface area contributed by atoms with Gasteiger partial charge in [-0.25, -0.2) is 4.98 Å². The van der Waals surface area contributed by atoms with Crippen LogP contribution < -0.4 is 10.6 Å². The van der Waals surface area contributed by atoms with Gasteiger partial charge in [0.05, 0.1) is 17.9 Å². The number of benzene rings is 1. The monoisotopic (exact) mass is 278 g/mol. The first-order valence-corrected chi connectivity index (χ1v) is 6.97. The summed E-state index contributed by atoms with van der Waals surface area (Å²) in [5.41, 5.74) is 7.69. The number of pyridine rings is 2. The van der Waals surface area contributed by atoms with Gasteiger partial charge in [0.1, 0.15) is 5.82 Å². The number of anilines is 1. The molecular weight excluding hydrogens is 260 g/mol. The van der Waals surface area contributed by atoms with Crippen LogP contribution in [-0.4, -0.2) is 17.0 Å². The molecule has 4 nitrogen and oxygen atoms in total. The van der Waals surface area contributed by atoms with Crippen LogP contribution in [0.15, 0.2) is 54.7 Å². The Morgan fingerprint density at radius 2 is 1.86 bits per heavy atom. The number of hydrogen-bond donors (Lipinski definition) is 1. The molecule has 106 valence electrons. The molecule has 1 aromatic carbocycles. The maximum atomic E-state index is 5.77. The summed E-state index contributed by atoms with van der Waals surface area (Å²) < 4.78 is 0. The maximum absolute atomic E-state index is 5.77. The quantitative estimate of drug-likeness (QED) is 0.797. The Kier molecular flexibility index (Phi) is 3.79. The van der Waals surface area contributed by atoms with Gasteiger partial charge in [-0.05, 0) is 23.6 Å². The average Bonchev–Trinajstić information content (AvgIpc) is 2.54. The lowest BCUT2D eigenvalue weighted by molar-refractivity contribution is 0.859. The highest BCUT2D eigenvalue weighted by Gasteiger charge is 2.10. The molecule has 0 unspecified atom stereocenters. The summed E-state index contributed by atoms with van der Waals surface area (Å²) in [6.45, 7) is 1.15. The van der Waals surface area contributed by atoms with E-state index in [2.05, 4.69) is 27.0 Å². The summed E-state index contributed by atoms with van der Waals surface area (Å²) >= 11 is 0. The van der Waals surface area contributed by atoms with E-state index >= 15 is 0 Å². The predicted octanol–water partition coefficient (Wildman–Crippen LogP) is 2.72. The zero-order chi connectivity index (χ0) is 14.7. The number of rotatable bonds is 4. The van der Waals surface area contributed by atoms with E-state index in [1.54, 1.807) is 0 Å². The molecule has 0 aliphatic heterocycles. The van der Waals surface area contributed by atoms with Gasteiger partial charge in [0.2, 0.25) is 0 Å². The molecule has 0 aliphatic rings. The molecule has 3 aromatic rings. The first-order chi connectivity index (χ1) is 10.3. The molecule has 0 aliphatic carbocycles. The van der Waals surface area contributed by atoms with E-state index in [9.17, 15) is 0 Å². The summed E-state index contributed by atoms with van der Waals surface area (Å²) in [7, 11) is 2.03. The highest BCUT2D eigenvalue weighted by atomic mass is 15.2. The molecule has 2 aromatic heterocycles. The van der Waals surface area contributed by atoms with Crippen molar-refractivity contribution in [2.75, 3.05) is 11.9 Å². The number of fused-ring (bicyclic) bond motifs is 1. The lowest BCUT2D eigenvalue weighted by atomic mass is 10.1. The summed E-state index contributed by atoms with van der Waals surface area (Å²) in [5, 5.41) is 2.30. The molecule has 0 spiro atoms. The minimum absolute atomic E-state index is 0.440. The minimum Gasteiger partial charge on any atom is -0.353 e. The van der Waals surface area contributed by atoms with Crippen molar-refractivity contribution in [3.8, 4) is 0 Å². The van der Waals surface area contributed by atoms with Crippen molar-refractivity contribution in [3.05, 3.63) is 66.1 Å². The summed E-state index contributed by atoms with van der Waals surface area (Å²) in [6.07, 6.45) is 1.81. The second-order valence-electron chi connectivity index (χ2n) is 5.04. The van der Waals surface area contributed by atoms with Crippen LogP contribution in [0.1, 0.15) is 11.4 Å². The van der Waals surface area contributed by atoms with Gasteiger partial charge >= 0.3 is 0 Å². The second kappa shape index (κ2) is 5.89. The smallest absolute Gasteiger partial charge is 0.136 e. The zero-order valence-electron chi connectivity index (χ0n) is 12.0. The van der Waals surface area contributed by atoms with E-state index in [0.717, 1.165) is 28.0 Å². The van der Waals surface area contributed by atoms with Gasteiger partial charge in [-0.3, -0.25) is 4.98 Å². The van der Waals surface area contributed by atoms with Gasteiger partial charge in [-0.2, -0.15) is 0 Å². The lowest BCUT2D eigenvalue weighted by Crippen LogP contribution is -2.19. The summed E-state index contributed by atoms with van der Waals surface area (Å²) in [5.74, 6) is 0.944. The number of nitrogens with two attached hydrogens (primary N) is 1. The molecule has 3 rings (SSSR count). The number of aromatic nitrogens is 2. The molecule has 4 heteroatoms. The zero-order valence-corrected chi connectivity index (χ0v) is 12.0. The van der Waals surface area contributed by atoms with Crippen LogP contribution >= 0.6 is 0 Å². The third kappa shape index (κ3) is 2.85. The fourth-order valence-electron chi connectivity index (χ4n) is 2.44. The molecule has 0 bridgehead atoms. The molecule has 0 saturated carbocycles. The van der Waals surface area contributed by atoms with Gasteiger partial charge in [0.15, 0.2) is 0 Å². The van der Waals surface area contributed by atoms with E-state index in [1.165, 1.54) is 0 Å². The van der Waals surface area contributed by atoms with E-state index in [-0.39, 0.29) is 0 Å². The number of hydrogen-bond acceptors (Lipinski definition) is 4. The number of nitrogens with zero attached hydrogens (tertiary/aromatic N) is 3.